The van der Waals surface area contributed by atoms with Crippen molar-refractivity contribution in [1.29, 1.82) is 0 Å². The number of halogens is 4. The number of nitrogens with zero attached hydrogens (tertiary/aromatic N) is 4. The summed E-state index contributed by atoms with van der Waals surface area (Å²) in [6.45, 7) is -1.30. The second kappa shape index (κ2) is 7.57. The van der Waals surface area contributed by atoms with E-state index in [0.717, 1.165) is 12.8 Å². The maximum absolute atomic E-state index is 14.0. The number of hydrogen-bond donors (Lipinski definition) is 2. The lowest BCUT2D eigenvalue weighted by molar-refractivity contribution is -0.0485. The largest absolute Gasteiger partial charge is 0.332 e. The molecule has 1 saturated heterocycles. The Labute approximate surface area is 182 Å². The highest BCUT2D eigenvalue weighted by atomic mass is 19.3. The summed E-state index contributed by atoms with van der Waals surface area (Å²) in [5.41, 5.74) is 8.05. The summed E-state index contributed by atoms with van der Waals surface area (Å²) in [6.07, 6.45) is 5.29. The van der Waals surface area contributed by atoms with Gasteiger partial charge in [-0.15, -0.1) is 0 Å². The minimum absolute atomic E-state index is 0.0857. The molecule has 2 amide bonds. The Bertz CT molecular complexity index is 1010. The second-order valence-electron chi connectivity index (χ2n) is 9.40. The third-order valence-corrected chi connectivity index (χ3v) is 6.88. The Morgan fingerprint density at radius 2 is 1.81 bits per heavy atom. The molecular formula is C21H26F4N6O. The number of alkyl halides is 4. The van der Waals surface area contributed by atoms with Gasteiger partial charge < -0.3 is 16.0 Å². The van der Waals surface area contributed by atoms with Crippen LogP contribution in [0.15, 0.2) is 18.5 Å². The average molecular weight is 454 g/mol. The van der Waals surface area contributed by atoms with Crippen LogP contribution < -0.4 is 11.1 Å². The van der Waals surface area contributed by atoms with Crippen molar-refractivity contribution in [3.63, 3.8) is 0 Å². The van der Waals surface area contributed by atoms with Gasteiger partial charge in [-0.3, -0.25) is 0 Å². The molecule has 2 saturated carbocycles. The Morgan fingerprint density at radius 1 is 1.09 bits per heavy atom. The molecule has 3 aliphatic rings. The van der Waals surface area contributed by atoms with Crippen molar-refractivity contribution in [2.24, 2.45) is 17.6 Å². The monoisotopic (exact) mass is 454 g/mol. The van der Waals surface area contributed by atoms with E-state index in [9.17, 15) is 22.4 Å². The van der Waals surface area contributed by atoms with Crippen LogP contribution in [0.2, 0.25) is 0 Å². The van der Waals surface area contributed by atoms with Crippen molar-refractivity contribution in [2.45, 2.75) is 62.5 Å². The van der Waals surface area contributed by atoms with Crippen LogP contribution in [-0.4, -0.2) is 50.5 Å². The molecule has 3 N–H and O–H groups in total. The minimum atomic E-state index is -3.00. The highest BCUT2D eigenvalue weighted by Crippen LogP contribution is 2.46. The topological polar surface area (TPSA) is 88.5 Å². The first-order valence-electron chi connectivity index (χ1n) is 11.0. The van der Waals surface area contributed by atoms with Crippen LogP contribution in [0.3, 0.4) is 0 Å². The fraction of sp³-hybridized carbons (Fsp3) is 0.667. The van der Waals surface area contributed by atoms with E-state index in [0.29, 0.717) is 29.7 Å². The molecule has 7 nitrogen and oxygen atoms in total. The molecule has 3 heterocycles. The third-order valence-electron chi connectivity index (χ3n) is 6.88. The van der Waals surface area contributed by atoms with Crippen LogP contribution in [0.5, 0.6) is 0 Å². The number of carbonyl (C=O) groups is 1. The van der Waals surface area contributed by atoms with Crippen molar-refractivity contribution in [2.75, 3.05) is 13.1 Å². The van der Waals surface area contributed by atoms with Gasteiger partial charge in [-0.1, -0.05) is 0 Å². The highest BCUT2D eigenvalue weighted by molar-refractivity contribution is 5.76. The van der Waals surface area contributed by atoms with Crippen molar-refractivity contribution in [3.05, 3.63) is 29.7 Å². The first kappa shape index (κ1) is 21.4. The molecule has 3 fully saturated rings. The predicted molar refractivity (Wildman–Crippen MR) is 107 cm³/mol. The van der Waals surface area contributed by atoms with Gasteiger partial charge in [0, 0.05) is 12.8 Å². The lowest BCUT2D eigenvalue weighted by Crippen LogP contribution is -2.58. The molecule has 0 aromatic carbocycles. The zero-order valence-corrected chi connectivity index (χ0v) is 17.5. The predicted octanol–water partition coefficient (Wildman–Crippen LogP) is 3.67. The Morgan fingerprint density at radius 3 is 2.50 bits per heavy atom. The van der Waals surface area contributed by atoms with Crippen LogP contribution in [0.25, 0.3) is 5.65 Å². The van der Waals surface area contributed by atoms with E-state index in [1.807, 2.05) is 0 Å². The number of aromatic nitrogens is 3. The molecule has 0 bridgehead atoms. The number of carbonyl (C=O) groups excluding carboxylic acids is 1. The minimum Gasteiger partial charge on any atom is -0.332 e. The standard InChI is InChI=1S/C21H26F4N6O/c22-20(23)5-3-12(4-6-20)17(26)15-9-31-16(29-15)7-14(8-28-31)18(13-1-2-13)30-11-21(24,25)10-27-19(30)32/h7-9,12-13,17-18H,1-6,10-11,26H2,(H,27,32)/t17-,18+/m0/s1. The van der Waals surface area contributed by atoms with E-state index in [4.69, 9.17) is 5.73 Å². The highest BCUT2D eigenvalue weighted by Gasteiger charge is 2.46. The average Bonchev–Trinajstić information content (AvgIpc) is 3.47. The van der Waals surface area contributed by atoms with Crippen LogP contribution >= 0.6 is 0 Å². The summed E-state index contributed by atoms with van der Waals surface area (Å²) in [5.74, 6) is -5.61. The summed E-state index contributed by atoms with van der Waals surface area (Å²) < 4.78 is 56.5. The van der Waals surface area contributed by atoms with E-state index >= 15 is 0 Å². The summed E-state index contributed by atoms with van der Waals surface area (Å²) in [5, 5.41) is 6.65. The fourth-order valence-corrected chi connectivity index (χ4v) is 4.92. The summed E-state index contributed by atoms with van der Waals surface area (Å²) in [7, 11) is 0. The molecule has 1 aliphatic heterocycles. The van der Waals surface area contributed by atoms with Crippen LogP contribution in [0, 0.1) is 11.8 Å². The smallest absolute Gasteiger partial charge is 0.318 e. The number of nitrogens with one attached hydrogen (secondary N) is 1. The zero-order valence-electron chi connectivity index (χ0n) is 17.5. The Kier molecular flexibility index (Phi) is 5.06. The molecule has 2 aliphatic carbocycles. The number of fused-ring (bicyclic) bond motifs is 1. The molecular weight excluding hydrogens is 428 g/mol. The number of amides is 2. The molecule has 5 rings (SSSR count). The van der Waals surface area contributed by atoms with Crippen molar-refractivity contribution < 1.29 is 22.4 Å². The summed E-state index contributed by atoms with van der Waals surface area (Å²) in [6, 6.07) is 0.254. The van der Waals surface area contributed by atoms with Gasteiger partial charge >= 0.3 is 6.03 Å². The molecule has 0 spiro atoms. The second-order valence-corrected chi connectivity index (χ2v) is 9.40. The van der Waals surface area contributed by atoms with Gasteiger partial charge in [0.15, 0.2) is 5.65 Å². The van der Waals surface area contributed by atoms with Gasteiger partial charge in [0.25, 0.3) is 5.92 Å². The molecule has 2 aromatic heterocycles. The first-order chi connectivity index (χ1) is 15.1. The number of urea groups is 1. The molecule has 0 unspecified atom stereocenters. The molecule has 32 heavy (non-hydrogen) atoms. The van der Waals surface area contributed by atoms with E-state index < -0.39 is 43.0 Å². The maximum atomic E-state index is 14.0. The van der Waals surface area contributed by atoms with E-state index in [1.165, 1.54) is 4.90 Å². The normalized spacial score (nSPS) is 25.5. The van der Waals surface area contributed by atoms with Gasteiger partial charge in [0.05, 0.1) is 43.3 Å². The van der Waals surface area contributed by atoms with E-state index in [1.54, 1.807) is 23.0 Å². The number of hydrogen-bond acceptors (Lipinski definition) is 4. The molecule has 2 atom stereocenters. The van der Waals surface area contributed by atoms with E-state index in [2.05, 4.69) is 15.4 Å². The van der Waals surface area contributed by atoms with Gasteiger partial charge in [-0.05, 0) is 49.1 Å². The number of nitrogens with two attached hydrogens (primary N) is 1. The van der Waals surface area contributed by atoms with Gasteiger partial charge in [-0.2, -0.15) is 5.10 Å². The summed E-state index contributed by atoms with van der Waals surface area (Å²) >= 11 is 0. The molecule has 2 aromatic rings. The first-order valence-corrected chi connectivity index (χ1v) is 11.0. The number of imidazole rings is 1. The molecule has 11 heteroatoms. The van der Waals surface area contributed by atoms with Gasteiger partial charge in [0.1, 0.15) is 0 Å². The van der Waals surface area contributed by atoms with E-state index in [-0.39, 0.29) is 24.7 Å². The molecule has 0 radical (unpaired) electrons. The SMILES string of the molecule is N[C@H](c1cn2ncc([C@@H](C3CC3)N3CC(F)(F)CNC3=O)cc2n1)C1CCC(F)(F)CC1. The van der Waals surface area contributed by atoms with Gasteiger partial charge in [-0.25, -0.2) is 31.9 Å². The summed E-state index contributed by atoms with van der Waals surface area (Å²) in [4.78, 5) is 18.1. The Balaban J connectivity index is 1.40. The van der Waals surface area contributed by atoms with Crippen LogP contribution in [-0.2, 0) is 0 Å². The quantitative estimate of drug-likeness (QED) is 0.675. The molecule has 174 valence electrons. The lowest BCUT2D eigenvalue weighted by Gasteiger charge is -2.38. The Hall–Kier alpha value is -2.43. The van der Waals surface area contributed by atoms with Gasteiger partial charge in [0.2, 0.25) is 5.92 Å². The fourth-order valence-electron chi connectivity index (χ4n) is 4.92. The lowest BCUT2D eigenvalue weighted by atomic mass is 9.81. The number of rotatable bonds is 5. The van der Waals surface area contributed by atoms with Crippen molar-refractivity contribution in [1.82, 2.24) is 24.8 Å². The van der Waals surface area contributed by atoms with Crippen LogP contribution in [0.4, 0.5) is 22.4 Å². The van der Waals surface area contributed by atoms with Crippen LogP contribution in [0.1, 0.15) is 61.9 Å². The van der Waals surface area contributed by atoms with Crippen molar-refractivity contribution >= 4 is 11.7 Å². The third kappa shape index (κ3) is 4.14. The maximum Gasteiger partial charge on any atom is 0.318 e. The van der Waals surface area contributed by atoms with Crippen molar-refractivity contribution in [3.8, 4) is 0 Å². The zero-order chi connectivity index (χ0) is 22.7.